The van der Waals surface area contributed by atoms with Crippen LogP contribution in [0.3, 0.4) is 0 Å². The molecule has 2 heterocycles. The molecule has 94 valence electrons. The molecule has 3 nitrogen and oxygen atoms in total. The van der Waals surface area contributed by atoms with Gasteiger partial charge in [-0.1, -0.05) is 6.92 Å². The Morgan fingerprint density at radius 2 is 2.41 bits per heavy atom. The number of hydrogen-bond acceptors (Lipinski definition) is 3. The van der Waals surface area contributed by atoms with Crippen molar-refractivity contribution in [3.8, 4) is 0 Å². The van der Waals surface area contributed by atoms with Crippen molar-refractivity contribution < 1.29 is 4.79 Å². The molecule has 2 unspecified atom stereocenters. The number of nitrogens with two attached hydrogens (primary N) is 1. The Balaban J connectivity index is 2.15. The molecule has 0 aromatic carbocycles. The Morgan fingerprint density at radius 3 is 3.00 bits per heavy atom. The Bertz CT molecular complexity index is 402. The van der Waals surface area contributed by atoms with Gasteiger partial charge in [0.15, 0.2) is 0 Å². The number of hydrogen-bond donors (Lipinski definition) is 1. The minimum absolute atomic E-state index is 0.0586. The first kappa shape index (κ1) is 12.6. The zero-order valence-corrected chi connectivity index (χ0v) is 11.3. The molecule has 0 spiro atoms. The quantitative estimate of drug-likeness (QED) is 0.897. The maximum Gasteiger partial charge on any atom is 0.227 e. The number of carbonyl (C=O) groups is 1. The summed E-state index contributed by atoms with van der Waals surface area (Å²) in [7, 11) is 0. The van der Waals surface area contributed by atoms with Crippen LogP contribution in [0.2, 0.25) is 0 Å². The lowest BCUT2D eigenvalue weighted by Crippen LogP contribution is -2.37. The van der Waals surface area contributed by atoms with E-state index in [1.54, 1.807) is 11.3 Å². The number of nitrogens with zero attached hydrogens (tertiary/aromatic N) is 1. The summed E-state index contributed by atoms with van der Waals surface area (Å²) in [5, 5.41) is 0. The predicted octanol–water partition coefficient (Wildman–Crippen LogP) is 2.31. The van der Waals surface area contributed by atoms with Gasteiger partial charge in [0.25, 0.3) is 0 Å². The molecule has 0 saturated carbocycles. The first-order valence-corrected chi connectivity index (χ1v) is 7.02. The molecule has 2 N–H and O–H groups in total. The van der Waals surface area contributed by atoms with Gasteiger partial charge in [-0.2, -0.15) is 0 Å². The number of aryl methyl sites for hydroxylation is 1. The Kier molecular flexibility index (Phi) is 3.84. The summed E-state index contributed by atoms with van der Waals surface area (Å²) >= 11 is 1.80. The normalized spacial score (nSPS) is 21.8. The van der Waals surface area contributed by atoms with Gasteiger partial charge in [0.05, 0.1) is 6.04 Å². The maximum atomic E-state index is 12.2. The lowest BCUT2D eigenvalue weighted by atomic mass is 10.1. The van der Waals surface area contributed by atoms with E-state index in [1.165, 1.54) is 9.75 Å². The van der Waals surface area contributed by atoms with Crippen molar-refractivity contribution in [1.29, 1.82) is 0 Å². The molecule has 17 heavy (non-hydrogen) atoms. The molecule has 1 aromatic rings. The first-order chi connectivity index (χ1) is 8.13. The molecule has 2 atom stereocenters. The summed E-state index contributed by atoms with van der Waals surface area (Å²) in [5.41, 5.74) is 5.58. The standard InChI is InChI=1S/C13H20N2OS/c1-9(8-14)13(16)15-7-3-4-11(15)12-6-5-10(2)17-12/h5-6,9,11H,3-4,7-8,14H2,1-2H3. The monoisotopic (exact) mass is 252 g/mol. The molecule has 0 bridgehead atoms. The summed E-state index contributed by atoms with van der Waals surface area (Å²) in [6.07, 6.45) is 2.19. The molecule has 1 aliphatic heterocycles. The average Bonchev–Trinajstić information content (AvgIpc) is 2.94. The van der Waals surface area contributed by atoms with E-state index in [2.05, 4.69) is 19.1 Å². The summed E-state index contributed by atoms with van der Waals surface area (Å²) < 4.78 is 0. The van der Waals surface area contributed by atoms with Crippen LogP contribution in [0, 0.1) is 12.8 Å². The van der Waals surface area contributed by atoms with Crippen LogP contribution in [0.15, 0.2) is 12.1 Å². The molecule has 2 rings (SSSR count). The van der Waals surface area contributed by atoms with Crippen molar-refractivity contribution in [2.24, 2.45) is 11.7 Å². The van der Waals surface area contributed by atoms with Crippen LogP contribution in [0.4, 0.5) is 0 Å². The minimum Gasteiger partial charge on any atom is -0.335 e. The van der Waals surface area contributed by atoms with Crippen molar-refractivity contribution in [3.05, 3.63) is 21.9 Å². The highest BCUT2D eigenvalue weighted by Crippen LogP contribution is 2.36. The van der Waals surface area contributed by atoms with Crippen molar-refractivity contribution in [3.63, 3.8) is 0 Å². The van der Waals surface area contributed by atoms with Crippen molar-refractivity contribution in [2.75, 3.05) is 13.1 Å². The van der Waals surface area contributed by atoms with Crippen LogP contribution in [0.1, 0.15) is 35.6 Å². The lowest BCUT2D eigenvalue weighted by Gasteiger charge is -2.26. The molecule has 1 aliphatic rings. The van der Waals surface area contributed by atoms with Gasteiger partial charge >= 0.3 is 0 Å². The molecular weight excluding hydrogens is 232 g/mol. The molecule has 1 aromatic heterocycles. The van der Waals surface area contributed by atoms with E-state index in [-0.39, 0.29) is 17.9 Å². The highest BCUT2D eigenvalue weighted by molar-refractivity contribution is 7.12. The smallest absolute Gasteiger partial charge is 0.227 e. The summed E-state index contributed by atoms with van der Waals surface area (Å²) in [5.74, 6) is 0.151. The van der Waals surface area contributed by atoms with Gasteiger partial charge in [-0.15, -0.1) is 11.3 Å². The van der Waals surface area contributed by atoms with Gasteiger partial charge in [0.1, 0.15) is 0 Å². The van der Waals surface area contributed by atoms with Crippen LogP contribution in [-0.2, 0) is 4.79 Å². The third-order valence-corrected chi connectivity index (χ3v) is 4.50. The van der Waals surface area contributed by atoms with Gasteiger partial charge in [0.2, 0.25) is 5.91 Å². The molecule has 1 fully saturated rings. The molecule has 1 amide bonds. The third-order valence-electron chi connectivity index (χ3n) is 3.40. The number of likely N-dealkylation sites (tertiary alicyclic amines) is 1. The third kappa shape index (κ3) is 2.53. The van der Waals surface area contributed by atoms with Gasteiger partial charge in [-0.25, -0.2) is 0 Å². The van der Waals surface area contributed by atoms with Crippen molar-refractivity contribution >= 4 is 17.2 Å². The van der Waals surface area contributed by atoms with E-state index in [9.17, 15) is 4.79 Å². The molecule has 0 radical (unpaired) electrons. The second kappa shape index (κ2) is 5.19. The van der Waals surface area contributed by atoms with E-state index in [0.29, 0.717) is 6.54 Å². The van der Waals surface area contributed by atoms with Crippen LogP contribution in [-0.4, -0.2) is 23.9 Å². The highest BCUT2D eigenvalue weighted by Gasteiger charge is 2.32. The largest absolute Gasteiger partial charge is 0.335 e. The van der Waals surface area contributed by atoms with Crippen LogP contribution < -0.4 is 5.73 Å². The second-order valence-corrected chi connectivity index (χ2v) is 6.09. The zero-order valence-electron chi connectivity index (χ0n) is 10.5. The van der Waals surface area contributed by atoms with Gasteiger partial charge in [-0.3, -0.25) is 4.79 Å². The van der Waals surface area contributed by atoms with E-state index in [1.807, 2.05) is 11.8 Å². The van der Waals surface area contributed by atoms with Gasteiger partial charge in [0, 0.05) is 28.8 Å². The summed E-state index contributed by atoms with van der Waals surface area (Å²) in [6, 6.07) is 4.58. The number of rotatable bonds is 3. The summed E-state index contributed by atoms with van der Waals surface area (Å²) in [6.45, 7) is 5.34. The Hall–Kier alpha value is -0.870. The van der Waals surface area contributed by atoms with Gasteiger partial charge < -0.3 is 10.6 Å². The molecule has 4 heteroatoms. The fourth-order valence-electron chi connectivity index (χ4n) is 2.34. The predicted molar refractivity (Wildman–Crippen MR) is 71.0 cm³/mol. The minimum atomic E-state index is -0.0586. The lowest BCUT2D eigenvalue weighted by molar-refractivity contribution is -0.135. The fraction of sp³-hybridized carbons (Fsp3) is 0.615. The zero-order chi connectivity index (χ0) is 12.4. The van der Waals surface area contributed by atoms with E-state index in [4.69, 9.17) is 5.73 Å². The Labute approximate surface area is 107 Å². The van der Waals surface area contributed by atoms with E-state index in [0.717, 1.165) is 19.4 Å². The first-order valence-electron chi connectivity index (χ1n) is 6.20. The maximum absolute atomic E-state index is 12.2. The Morgan fingerprint density at radius 1 is 1.65 bits per heavy atom. The van der Waals surface area contributed by atoms with E-state index < -0.39 is 0 Å². The molecular formula is C13H20N2OS. The van der Waals surface area contributed by atoms with Crippen molar-refractivity contribution in [2.45, 2.75) is 32.7 Å². The number of thiophene rings is 1. The van der Waals surface area contributed by atoms with E-state index >= 15 is 0 Å². The average molecular weight is 252 g/mol. The number of carbonyl (C=O) groups excluding carboxylic acids is 1. The van der Waals surface area contributed by atoms with Crippen LogP contribution >= 0.6 is 11.3 Å². The second-order valence-electron chi connectivity index (χ2n) is 4.77. The van der Waals surface area contributed by atoms with Crippen LogP contribution in [0.5, 0.6) is 0 Å². The highest BCUT2D eigenvalue weighted by atomic mass is 32.1. The van der Waals surface area contributed by atoms with Gasteiger partial charge in [-0.05, 0) is 31.9 Å². The SMILES string of the molecule is Cc1ccc(C2CCCN2C(=O)C(C)CN)s1. The fourth-order valence-corrected chi connectivity index (χ4v) is 3.37. The van der Waals surface area contributed by atoms with Crippen molar-refractivity contribution in [1.82, 2.24) is 4.90 Å². The topological polar surface area (TPSA) is 46.3 Å². The molecule has 1 saturated heterocycles. The van der Waals surface area contributed by atoms with Crippen LogP contribution in [0.25, 0.3) is 0 Å². The summed E-state index contributed by atoms with van der Waals surface area (Å²) in [4.78, 5) is 16.9. The molecule has 0 aliphatic carbocycles. The number of amides is 1.